The molecule has 0 radical (unpaired) electrons. The van der Waals surface area contributed by atoms with Gasteiger partial charge in [-0.1, -0.05) is 36.4 Å². The lowest BCUT2D eigenvalue weighted by Gasteiger charge is -2.38. The lowest BCUT2D eigenvalue weighted by atomic mass is 9.84. The zero-order chi connectivity index (χ0) is 22.8. The lowest BCUT2D eigenvalue weighted by Crippen LogP contribution is -2.87. The molecule has 3 rings (SSSR count). The van der Waals surface area contributed by atoms with Crippen LogP contribution in [0, 0.1) is 0 Å². The molecule has 2 aromatic carbocycles. The van der Waals surface area contributed by atoms with E-state index in [4.69, 9.17) is 0 Å². The van der Waals surface area contributed by atoms with Crippen molar-refractivity contribution in [1.82, 2.24) is 16.0 Å². The van der Waals surface area contributed by atoms with Crippen molar-refractivity contribution in [3.05, 3.63) is 71.8 Å². The van der Waals surface area contributed by atoms with Gasteiger partial charge in [-0.15, -0.1) is 0 Å². The Morgan fingerprint density at radius 1 is 0.812 bits per heavy atom. The number of hydrogen-bond donors (Lipinski definition) is 4. The van der Waals surface area contributed by atoms with Crippen molar-refractivity contribution >= 4 is 23.3 Å². The standard InChI is InChI=1S/C24H27N4O4/c29-21-19(25-13-7-15-27-23(31)17-9-3-1-4-10-17)22(30)20(21)26-14-8-16-28-24(32)18-11-5-2-6-12-18/h1-6,9-12,19,21,25H,7-8,13-16H2,(H,27,31)(H,28,32)/q-1/p+1. The van der Waals surface area contributed by atoms with Gasteiger partial charge in [-0.2, -0.15) is 0 Å². The first-order valence-corrected chi connectivity index (χ1v) is 10.8. The minimum atomic E-state index is -1.12. The second-order valence-corrected chi connectivity index (χ2v) is 7.51. The number of carbonyl (C=O) groups is 3. The molecular weight excluding hydrogens is 408 g/mol. The Kier molecular flexibility index (Phi) is 8.65. The number of rotatable bonds is 11. The van der Waals surface area contributed by atoms with Crippen molar-refractivity contribution in [1.29, 1.82) is 0 Å². The second-order valence-electron chi connectivity index (χ2n) is 7.51. The minimum absolute atomic E-state index is 0.146. The number of hydrogen-bond acceptors (Lipinski definition) is 5. The maximum atomic E-state index is 12.2. The van der Waals surface area contributed by atoms with Crippen LogP contribution in [-0.2, 0) is 4.79 Å². The Morgan fingerprint density at radius 2 is 1.34 bits per heavy atom. The summed E-state index contributed by atoms with van der Waals surface area (Å²) in [6, 6.07) is 17.1. The average molecular weight is 437 g/mol. The highest BCUT2D eigenvalue weighted by Gasteiger charge is 2.43. The van der Waals surface area contributed by atoms with Crippen LogP contribution in [0.25, 0.3) is 0 Å². The van der Waals surface area contributed by atoms with Gasteiger partial charge in [-0.3, -0.25) is 14.4 Å². The molecule has 8 heteroatoms. The van der Waals surface area contributed by atoms with E-state index >= 15 is 0 Å². The Balaban J connectivity index is 1.28. The van der Waals surface area contributed by atoms with Gasteiger partial charge in [0.1, 0.15) is 6.54 Å². The van der Waals surface area contributed by atoms with Crippen molar-refractivity contribution in [3.8, 4) is 0 Å². The fourth-order valence-electron chi connectivity index (χ4n) is 3.35. The quantitative estimate of drug-likeness (QED) is 0.317. The van der Waals surface area contributed by atoms with Crippen molar-refractivity contribution in [2.24, 2.45) is 0 Å². The molecule has 8 nitrogen and oxygen atoms in total. The second kappa shape index (κ2) is 11.9. The summed E-state index contributed by atoms with van der Waals surface area (Å²) in [7, 11) is 0. The first-order chi connectivity index (χ1) is 15.6. The number of benzene rings is 2. The third-order valence-corrected chi connectivity index (χ3v) is 5.17. The van der Waals surface area contributed by atoms with E-state index < -0.39 is 12.1 Å². The van der Waals surface area contributed by atoms with E-state index in [-0.39, 0.29) is 23.3 Å². The van der Waals surface area contributed by atoms with Crippen LogP contribution >= 0.6 is 0 Å². The van der Waals surface area contributed by atoms with Crippen LogP contribution < -0.4 is 26.0 Å². The molecule has 2 unspecified atom stereocenters. The predicted molar refractivity (Wildman–Crippen MR) is 118 cm³/mol. The average Bonchev–Trinajstić information content (AvgIpc) is 2.84. The summed E-state index contributed by atoms with van der Waals surface area (Å²) in [5.41, 5.74) is 1.38. The molecule has 0 bridgehead atoms. The van der Waals surface area contributed by atoms with Crippen LogP contribution in [0.2, 0.25) is 0 Å². The Bertz CT molecular complexity index is 947. The maximum absolute atomic E-state index is 12.2. The molecule has 1 aliphatic rings. The first-order valence-electron chi connectivity index (χ1n) is 10.8. The van der Waals surface area contributed by atoms with Crippen molar-refractivity contribution in [2.45, 2.75) is 25.0 Å². The van der Waals surface area contributed by atoms with Gasteiger partial charge in [0.2, 0.25) is 11.5 Å². The number of Topliss-reactive ketones (excluding diaryl/α,β-unsaturated/α-hetero) is 1. The van der Waals surface area contributed by atoms with Crippen molar-refractivity contribution in [3.63, 3.8) is 0 Å². The van der Waals surface area contributed by atoms with Crippen LogP contribution in [0.3, 0.4) is 0 Å². The molecular formula is C24H28N4O4. The fraction of sp³-hybridized carbons (Fsp3) is 0.333. The van der Waals surface area contributed by atoms with Gasteiger partial charge in [-0.05, 0) is 43.3 Å². The van der Waals surface area contributed by atoms with E-state index in [9.17, 15) is 19.5 Å². The molecule has 1 aliphatic carbocycles. The molecule has 1 saturated carbocycles. The summed E-state index contributed by atoms with van der Waals surface area (Å²) in [6.07, 6.45) is 0.0839. The highest BCUT2D eigenvalue weighted by Crippen LogP contribution is 2.07. The summed E-state index contributed by atoms with van der Waals surface area (Å²) in [5, 5.41) is 20.8. The number of amides is 2. The van der Waals surface area contributed by atoms with Gasteiger partial charge >= 0.3 is 0 Å². The Morgan fingerprint density at radius 3 is 1.88 bits per heavy atom. The van der Waals surface area contributed by atoms with E-state index in [0.717, 1.165) is 0 Å². The zero-order valence-electron chi connectivity index (χ0n) is 17.8. The molecule has 0 heterocycles. The first kappa shape index (κ1) is 23.3. The third-order valence-electron chi connectivity index (χ3n) is 5.17. The topological polar surface area (TPSA) is 124 Å². The Hall–Kier alpha value is -3.36. The number of ketones is 1. The Labute approximate surface area is 187 Å². The summed E-state index contributed by atoms with van der Waals surface area (Å²) < 4.78 is 0. The third kappa shape index (κ3) is 6.32. The van der Waals surface area contributed by atoms with Crippen molar-refractivity contribution in [2.75, 3.05) is 26.2 Å². The van der Waals surface area contributed by atoms with Gasteiger partial charge in [0.05, 0.1) is 6.04 Å². The molecule has 4 N–H and O–H groups in total. The van der Waals surface area contributed by atoms with E-state index in [1.165, 1.54) is 0 Å². The van der Waals surface area contributed by atoms with Crippen LogP contribution in [0.4, 0.5) is 0 Å². The summed E-state index contributed by atoms with van der Waals surface area (Å²) >= 11 is 0. The summed E-state index contributed by atoms with van der Waals surface area (Å²) in [6.45, 7) is 1.80. The molecule has 0 spiro atoms. The molecule has 2 aromatic rings. The van der Waals surface area contributed by atoms with E-state index in [0.29, 0.717) is 50.1 Å². The molecule has 32 heavy (non-hydrogen) atoms. The van der Waals surface area contributed by atoms with Crippen LogP contribution in [-0.4, -0.2) is 61.6 Å². The van der Waals surface area contributed by atoms with Crippen LogP contribution in [0.15, 0.2) is 60.7 Å². The highest BCUT2D eigenvalue weighted by molar-refractivity contribution is 6.48. The smallest absolute Gasteiger partial charge is 0.251 e. The van der Waals surface area contributed by atoms with E-state index in [2.05, 4.69) is 20.9 Å². The van der Waals surface area contributed by atoms with Crippen molar-refractivity contribution < 1.29 is 24.5 Å². The zero-order valence-corrected chi connectivity index (χ0v) is 17.8. The lowest BCUT2D eigenvalue weighted by molar-refractivity contribution is -0.485. The molecule has 168 valence electrons. The van der Waals surface area contributed by atoms with E-state index in [1.54, 1.807) is 48.5 Å². The monoisotopic (exact) mass is 436 g/mol. The SMILES string of the molecule is O=C(NCCCNC1C(=O)C(=[NH+]CCCNC(=O)c2ccccc2)C1[O-])c1ccccc1. The van der Waals surface area contributed by atoms with Gasteiger partial charge < -0.3 is 21.1 Å². The maximum Gasteiger partial charge on any atom is 0.251 e. The summed E-state index contributed by atoms with van der Waals surface area (Å²) in [5.74, 6) is -0.512. The number of nitrogens with one attached hydrogen (secondary N) is 4. The van der Waals surface area contributed by atoms with Gasteiger partial charge in [0.25, 0.3) is 11.8 Å². The summed E-state index contributed by atoms with van der Waals surface area (Å²) in [4.78, 5) is 39.0. The van der Waals surface area contributed by atoms with E-state index in [1.807, 2.05) is 12.1 Å². The molecule has 0 aliphatic heterocycles. The predicted octanol–water partition coefficient (Wildman–Crippen LogP) is -1.58. The normalized spacial score (nSPS) is 18.8. The molecule has 1 fully saturated rings. The molecule has 0 saturated heterocycles. The van der Waals surface area contributed by atoms with Gasteiger partial charge in [0.15, 0.2) is 0 Å². The largest absolute Gasteiger partial charge is 0.843 e. The molecule has 0 aromatic heterocycles. The van der Waals surface area contributed by atoms with Gasteiger partial charge in [0, 0.05) is 30.6 Å². The van der Waals surface area contributed by atoms with Gasteiger partial charge in [-0.25, -0.2) is 4.99 Å². The van der Waals surface area contributed by atoms with Crippen LogP contribution in [0.5, 0.6) is 0 Å². The molecule has 2 atom stereocenters. The highest BCUT2D eigenvalue weighted by atomic mass is 16.3. The molecule has 2 amide bonds. The number of carbonyl (C=O) groups excluding carboxylic acids is 3. The fourth-order valence-corrected chi connectivity index (χ4v) is 3.35. The minimum Gasteiger partial charge on any atom is -0.843 e. The van der Waals surface area contributed by atoms with Crippen LogP contribution in [0.1, 0.15) is 33.6 Å².